The molecule has 0 unspecified atom stereocenters. The van der Waals surface area contributed by atoms with E-state index in [9.17, 15) is 40.3 Å². The lowest BCUT2D eigenvalue weighted by molar-refractivity contribution is 0.111. The fraction of sp³-hybridized carbons (Fsp3) is 0.405. The number of benzene rings is 2. The zero-order valence-corrected chi connectivity index (χ0v) is 39.5. The summed E-state index contributed by atoms with van der Waals surface area (Å²) in [6.07, 6.45) is 9.81. The maximum atomic E-state index is 12.4. The third kappa shape index (κ3) is 18.5. The first-order valence-corrected chi connectivity index (χ1v) is 24.8. The molecule has 0 saturated carbocycles. The molecule has 0 bridgehead atoms. The molecule has 3 heterocycles. The molecule has 5 rings (SSSR count). The first-order chi connectivity index (χ1) is 29.4. The van der Waals surface area contributed by atoms with Crippen LogP contribution in [0.15, 0.2) is 85.7 Å². The Morgan fingerprint density at radius 3 is 1.14 bits per heavy atom. The molecule has 0 aliphatic rings. The summed E-state index contributed by atoms with van der Waals surface area (Å²) in [5.41, 5.74) is 4.51. The molecule has 2 N–H and O–H groups in total. The van der Waals surface area contributed by atoms with Gasteiger partial charge in [-0.3, -0.25) is 4.79 Å². The van der Waals surface area contributed by atoms with Crippen molar-refractivity contribution < 1.29 is 49.7 Å². The highest BCUT2D eigenvalue weighted by atomic mass is 32.2. The summed E-state index contributed by atoms with van der Waals surface area (Å²) in [7, 11) is -6.69. The van der Waals surface area contributed by atoms with Crippen LogP contribution in [0, 0.1) is 20.8 Å². The number of hydrogen-bond donors (Lipinski definition) is 2. The number of aromatic nitrogens is 6. The first-order valence-electron chi connectivity index (χ1n) is 19.2. The second-order valence-corrected chi connectivity index (χ2v) is 21.4. The van der Waals surface area contributed by atoms with Crippen LogP contribution in [0.2, 0.25) is 0 Å². The van der Waals surface area contributed by atoms with Crippen molar-refractivity contribution in [3.63, 3.8) is 0 Å². The molecule has 18 nitrogen and oxygen atoms in total. The molecule has 0 spiro atoms. The van der Waals surface area contributed by atoms with E-state index in [4.69, 9.17) is 9.47 Å². The van der Waals surface area contributed by atoms with Crippen molar-refractivity contribution in [1.29, 1.82) is 0 Å². The van der Waals surface area contributed by atoms with Crippen LogP contribution in [0.25, 0.3) is 0 Å². The number of carbonyl (C=O) groups is 1. The third-order valence-electron chi connectivity index (χ3n) is 9.07. The summed E-state index contributed by atoms with van der Waals surface area (Å²) in [6.45, 7) is 10.7. The predicted molar refractivity (Wildman–Crippen MR) is 239 cm³/mol. The summed E-state index contributed by atoms with van der Waals surface area (Å²) in [4.78, 5) is 33.0. The number of carbonyl (C=O) groups excluding carboxylic acids is 1. The van der Waals surface area contributed by atoms with Crippen molar-refractivity contribution in [3.05, 3.63) is 131 Å². The largest absolute Gasteiger partial charge is 0.497 e. The summed E-state index contributed by atoms with van der Waals surface area (Å²) in [5, 5.41) is 17.6. The van der Waals surface area contributed by atoms with Crippen LogP contribution in [0.4, 0.5) is 0 Å². The molecular weight excluding hydrogens is 875 g/mol. The molecule has 21 heteroatoms. The van der Waals surface area contributed by atoms with Crippen LogP contribution in [-0.2, 0) is 42.8 Å². The molecule has 0 aliphatic carbocycles. The van der Waals surface area contributed by atoms with Gasteiger partial charge in [-0.2, -0.15) is 4.31 Å². The highest BCUT2D eigenvalue weighted by Crippen LogP contribution is 2.21. The van der Waals surface area contributed by atoms with E-state index in [1.807, 2.05) is 69.3 Å². The molecule has 2 aromatic carbocycles. The second kappa shape index (κ2) is 25.1. The number of aldehydes is 1. The highest BCUT2D eigenvalue weighted by molar-refractivity contribution is 7.91. The summed E-state index contributed by atoms with van der Waals surface area (Å²) in [5.74, 6) is 2.08. The van der Waals surface area contributed by atoms with Crippen LogP contribution in [0.1, 0.15) is 83.1 Å². The summed E-state index contributed by atoms with van der Waals surface area (Å²) in [6, 6.07) is 14.9. The average Bonchev–Trinajstić information content (AvgIpc) is 3.26. The Balaban J connectivity index is 0.000000306. The number of aryl methyl sites for hydroxylation is 3. The van der Waals surface area contributed by atoms with Crippen molar-refractivity contribution in [2.45, 2.75) is 77.3 Å². The Morgan fingerprint density at radius 2 is 0.889 bits per heavy atom. The van der Waals surface area contributed by atoms with Gasteiger partial charge in [-0.1, -0.05) is 24.3 Å². The van der Waals surface area contributed by atoms with Crippen LogP contribution in [0.5, 0.6) is 11.5 Å². The smallest absolute Gasteiger partial charge is 0.214 e. The number of methoxy groups -OCH3 is 2. The number of nitrogens with zero attached hydrogens (tertiary/aromatic N) is 7. The zero-order valence-electron chi connectivity index (χ0n) is 37.0. The average molecular weight is 932 g/mol. The van der Waals surface area contributed by atoms with Gasteiger partial charge in [-0.15, -0.1) is 0 Å². The van der Waals surface area contributed by atoms with Crippen LogP contribution >= 0.6 is 0 Å². The van der Waals surface area contributed by atoms with E-state index >= 15 is 0 Å². The van der Waals surface area contributed by atoms with Gasteiger partial charge in [0.05, 0.1) is 30.5 Å². The van der Waals surface area contributed by atoms with Crippen LogP contribution in [-0.4, -0.2) is 119 Å². The number of ether oxygens (including phenoxy) is 2. The Labute approximate surface area is 370 Å². The monoisotopic (exact) mass is 931 g/mol. The van der Waals surface area contributed by atoms with E-state index in [0.29, 0.717) is 19.4 Å². The molecule has 0 aliphatic heterocycles. The molecular formula is C42H57N7O11S3. The Hall–Kier alpha value is -5.32. The fourth-order valence-electron chi connectivity index (χ4n) is 4.77. The normalized spacial score (nSPS) is 13.3. The Morgan fingerprint density at radius 1 is 0.587 bits per heavy atom. The maximum Gasteiger partial charge on any atom is 0.214 e. The van der Waals surface area contributed by atoms with E-state index in [0.717, 1.165) is 51.8 Å². The van der Waals surface area contributed by atoms with E-state index < -0.39 is 52.4 Å². The van der Waals surface area contributed by atoms with Crippen molar-refractivity contribution in [3.8, 4) is 11.5 Å². The number of rotatable bonds is 15. The van der Waals surface area contributed by atoms with Gasteiger partial charge in [0.25, 0.3) is 0 Å². The minimum Gasteiger partial charge on any atom is -0.497 e. The lowest BCUT2D eigenvalue weighted by Crippen LogP contribution is -2.31. The maximum absolute atomic E-state index is 12.4. The number of sulfone groups is 2. The minimum atomic E-state index is -3.32. The lowest BCUT2D eigenvalue weighted by Gasteiger charge is -2.22. The number of sulfonamides is 1. The highest BCUT2D eigenvalue weighted by Gasteiger charge is 2.28. The van der Waals surface area contributed by atoms with E-state index in [2.05, 4.69) is 29.9 Å². The Bertz CT molecular complexity index is 2340. The first kappa shape index (κ1) is 53.8. The van der Waals surface area contributed by atoms with Gasteiger partial charge in [-0.25, -0.2) is 55.2 Å². The molecule has 4 atom stereocenters. The summed E-state index contributed by atoms with van der Waals surface area (Å²) >= 11 is 0. The predicted octanol–water partition coefficient (Wildman–Crippen LogP) is 4.16. The second-order valence-electron chi connectivity index (χ2n) is 14.3. The molecule has 63 heavy (non-hydrogen) atoms. The van der Waals surface area contributed by atoms with E-state index in [1.54, 1.807) is 58.3 Å². The van der Waals surface area contributed by atoms with Gasteiger partial charge in [0, 0.05) is 62.8 Å². The van der Waals surface area contributed by atoms with Gasteiger partial charge in [0.1, 0.15) is 23.7 Å². The molecule has 0 radical (unpaired) electrons. The SMILES string of the molecule is CCS(=O)(=O)N(Cc1ccc(OC)cc1)Cc1ccc(OC)cc1.Cc1cnc(C=O)nc1.Cc1cnc([C@@H](O)[C@H](C)S(C)(=O)=O)nc1.Cc1cnc([C@H](O)[C@@H](C)S(C)(=O)=O)nc1. The van der Waals surface area contributed by atoms with Crippen molar-refractivity contribution in [2.75, 3.05) is 32.5 Å². The van der Waals surface area contributed by atoms with Crippen LogP contribution in [0.3, 0.4) is 0 Å². The Kier molecular flexibility index (Phi) is 21.4. The number of aliphatic hydroxyl groups excluding tert-OH is 2. The summed E-state index contributed by atoms with van der Waals surface area (Å²) < 4.78 is 81.4. The van der Waals surface area contributed by atoms with E-state index in [-0.39, 0.29) is 23.2 Å². The number of hydrogen-bond acceptors (Lipinski definition) is 17. The topological polar surface area (TPSA) is 259 Å². The zero-order chi connectivity index (χ0) is 47.5. The van der Waals surface area contributed by atoms with Crippen molar-refractivity contribution >= 4 is 36.0 Å². The molecule has 0 saturated heterocycles. The van der Waals surface area contributed by atoms with Crippen molar-refractivity contribution in [2.24, 2.45) is 0 Å². The molecule has 0 amide bonds. The third-order valence-corrected chi connectivity index (χ3v) is 14.1. The standard InChI is InChI=1S/C18H23NO4S.2C9H14N2O3S.C6H6N2O/c1-4-24(20,21)19(13-15-5-9-17(22-2)10-6-15)14-16-7-11-18(23-3)12-8-16;2*1-6-4-10-9(11-5-6)8(12)7(2)15(3,13)14;1-5-2-7-6(4-9)8-3-5/h5-12H,4,13-14H2,1-3H3;2*4-5,7-8,12H,1-3H3;2-4H,1H3/t;2*7-,8-;/m.10./s1. The van der Waals surface area contributed by atoms with Gasteiger partial charge < -0.3 is 19.7 Å². The lowest BCUT2D eigenvalue weighted by atomic mass is 10.2. The number of aliphatic hydroxyl groups is 2. The molecule has 3 aromatic heterocycles. The van der Waals surface area contributed by atoms with Gasteiger partial charge >= 0.3 is 0 Å². The van der Waals surface area contributed by atoms with Gasteiger partial charge in [0.2, 0.25) is 10.0 Å². The molecule has 5 aromatic rings. The van der Waals surface area contributed by atoms with Gasteiger partial charge in [-0.05, 0) is 93.6 Å². The quantitative estimate of drug-likeness (QED) is 0.140. The van der Waals surface area contributed by atoms with Gasteiger partial charge in [0.15, 0.2) is 43.4 Å². The molecule has 344 valence electrons. The minimum absolute atomic E-state index is 0.0688. The van der Waals surface area contributed by atoms with Crippen LogP contribution < -0.4 is 9.47 Å². The fourth-order valence-corrected chi connectivity index (χ4v) is 7.00. The van der Waals surface area contributed by atoms with E-state index in [1.165, 1.54) is 18.2 Å². The molecule has 0 fully saturated rings. The van der Waals surface area contributed by atoms with Crippen molar-refractivity contribution in [1.82, 2.24) is 34.2 Å².